The minimum absolute atomic E-state index is 0.151. The van der Waals surface area contributed by atoms with Crippen molar-refractivity contribution in [2.24, 2.45) is 12.2 Å². The number of carbonyl (C=O) groups is 3. The molecule has 3 N–H and O–H groups in total. The lowest BCUT2D eigenvalue weighted by Crippen LogP contribution is -2.71. The van der Waals surface area contributed by atoms with Crippen molar-refractivity contribution in [2.45, 2.75) is 16.6 Å². The van der Waals surface area contributed by atoms with Crippen LogP contribution >= 0.6 is 34.9 Å². The van der Waals surface area contributed by atoms with Crippen LogP contribution in [0.25, 0.3) is 11.1 Å². The lowest BCUT2D eigenvalue weighted by Gasteiger charge is -2.50. The molecule has 1 fully saturated rings. The van der Waals surface area contributed by atoms with Gasteiger partial charge >= 0.3 is 0 Å². The van der Waals surface area contributed by atoms with Crippen molar-refractivity contribution < 1.29 is 33.3 Å². The lowest BCUT2D eigenvalue weighted by atomic mass is 10.0. The van der Waals surface area contributed by atoms with Crippen molar-refractivity contribution in [3.05, 3.63) is 40.8 Å². The van der Waals surface area contributed by atoms with Gasteiger partial charge in [0.05, 0.1) is 11.7 Å². The van der Waals surface area contributed by atoms with E-state index in [-0.39, 0.29) is 28.0 Å². The number of oxazole rings is 1. The Hall–Kier alpha value is -3.63. The number of carboxylic acid groups (broad SMARTS) is 1. The highest BCUT2D eigenvalue weighted by molar-refractivity contribution is 8.01. The summed E-state index contributed by atoms with van der Waals surface area (Å²) in [6.45, 7) is 0. The van der Waals surface area contributed by atoms with Gasteiger partial charge in [-0.2, -0.15) is 4.98 Å². The molecule has 0 saturated carbocycles. The summed E-state index contributed by atoms with van der Waals surface area (Å²) < 4.78 is 7.56. The zero-order valence-corrected chi connectivity index (χ0v) is 21.8. The summed E-state index contributed by atoms with van der Waals surface area (Å²) in [5.41, 5.74) is 7.27. The van der Waals surface area contributed by atoms with E-state index < -0.39 is 29.2 Å². The van der Waals surface area contributed by atoms with Crippen LogP contribution < -0.4 is 20.7 Å². The maximum absolute atomic E-state index is 13.0. The number of fused-ring (bicyclic) bond motifs is 2. The predicted octanol–water partition coefficient (Wildman–Crippen LogP) is -0.762. The molecule has 2 aliphatic heterocycles. The number of thiazole rings is 1. The Morgan fingerprint density at radius 3 is 2.97 bits per heavy atom. The summed E-state index contributed by atoms with van der Waals surface area (Å²) >= 11 is 3.68. The number of nitrogens with two attached hydrogens (primary N) is 1. The number of aryl methyl sites for hydroxylation is 1. The number of carbonyl (C=O) groups excluding carboxylic acids is 3. The van der Waals surface area contributed by atoms with E-state index >= 15 is 0 Å². The standard InChI is InChI=1S/C21H19N7O6S3/c1-27-4-3-12-10(5-27)24-21(34-12)37-7-9-6-35-18-14(17(30)28(18)15(9)19(31)32)25-16(29)13(26-33-2)11-8-36-20(22)23-11/h3-5,8,14,18H,6-7H2,1-2H3,(H3-,22,23,25,29,31,32)/b26-13+. The largest absolute Gasteiger partial charge is 0.543 e. The molecular weight excluding hydrogens is 542 g/mol. The van der Waals surface area contributed by atoms with Gasteiger partial charge in [0.25, 0.3) is 17.0 Å². The van der Waals surface area contributed by atoms with Gasteiger partial charge in [-0.1, -0.05) is 16.9 Å². The van der Waals surface area contributed by atoms with Gasteiger partial charge in [-0.3, -0.25) is 14.5 Å². The number of hydrogen-bond acceptors (Lipinski definition) is 13. The lowest BCUT2D eigenvalue weighted by molar-refractivity contribution is -0.670. The SMILES string of the molecule is CO/N=C(/C(=O)NC1C(=O)N2C(C(=O)[O-])=C(CSc3nc4c[n+](C)ccc4o3)CSC12)c1csc(N)n1. The van der Waals surface area contributed by atoms with E-state index in [1.54, 1.807) is 6.07 Å². The maximum atomic E-state index is 13.0. The highest BCUT2D eigenvalue weighted by Crippen LogP contribution is 2.41. The van der Waals surface area contributed by atoms with E-state index in [1.165, 1.54) is 36.0 Å². The number of nitrogens with zero attached hydrogens (tertiary/aromatic N) is 5. The smallest absolute Gasteiger partial charge is 0.276 e. The molecule has 0 aliphatic carbocycles. The van der Waals surface area contributed by atoms with Gasteiger partial charge in [-0.25, -0.2) is 9.55 Å². The number of aromatic nitrogens is 3. The number of aliphatic carboxylic acids is 1. The van der Waals surface area contributed by atoms with Crippen LogP contribution in [0.1, 0.15) is 5.69 Å². The molecule has 1 saturated heterocycles. The maximum Gasteiger partial charge on any atom is 0.276 e. The molecule has 192 valence electrons. The highest BCUT2D eigenvalue weighted by atomic mass is 32.2. The molecule has 13 nitrogen and oxygen atoms in total. The first-order chi connectivity index (χ1) is 17.8. The molecule has 0 aromatic carbocycles. The fourth-order valence-electron chi connectivity index (χ4n) is 3.85. The topological polar surface area (TPSA) is 180 Å². The zero-order valence-electron chi connectivity index (χ0n) is 19.4. The number of rotatable bonds is 8. The van der Waals surface area contributed by atoms with Crippen LogP contribution in [0.5, 0.6) is 0 Å². The predicted molar refractivity (Wildman–Crippen MR) is 133 cm³/mol. The quantitative estimate of drug-likeness (QED) is 0.116. The third-order valence-corrected chi connectivity index (χ3v) is 8.44. The molecule has 16 heteroatoms. The summed E-state index contributed by atoms with van der Waals surface area (Å²) in [5.74, 6) is -2.19. The van der Waals surface area contributed by atoms with E-state index in [9.17, 15) is 19.5 Å². The van der Waals surface area contributed by atoms with Crippen molar-refractivity contribution in [3.63, 3.8) is 0 Å². The Morgan fingerprint density at radius 1 is 1.46 bits per heavy atom. The average molecular weight is 562 g/mol. The Bertz CT molecular complexity index is 1480. The minimum atomic E-state index is -1.47. The zero-order chi connectivity index (χ0) is 26.3. The number of thioether (sulfide) groups is 2. The summed E-state index contributed by atoms with van der Waals surface area (Å²) in [6.07, 6.45) is 3.65. The number of hydrogen-bond donors (Lipinski definition) is 2. The van der Waals surface area contributed by atoms with Crippen molar-refractivity contribution in [3.8, 4) is 0 Å². The third kappa shape index (κ3) is 4.74. The fraction of sp³-hybridized carbons (Fsp3) is 0.286. The number of nitrogen functional groups attached to an aromatic ring is 1. The van der Waals surface area contributed by atoms with Gasteiger partial charge in [0.2, 0.25) is 0 Å². The summed E-state index contributed by atoms with van der Waals surface area (Å²) in [6, 6.07) is 0.829. The van der Waals surface area contributed by atoms with Crippen LogP contribution in [0.3, 0.4) is 0 Å². The van der Waals surface area contributed by atoms with E-state index in [1.807, 2.05) is 24.0 Å². The summed E-state index contributed by atoms with van der Waals surface area (Å²) in [5, 5.41) is 19.9. The van der Waals surface area contributed by atoms with Gasteiger partial charge < -0.3 is 30.2 Å². The van der Waals surface area contributed by atoms with Crippen LogP contribution in [0.2, 0.25) is 0 Å². The van der Waals surface area contributed by atoms with Crippen molar-refractivity contribution in [1.29, 1.82) is 0 Å². The van der Waals surface area contributed by atoms with Crippen LogP contribution in [0.4, 0.5) is 5.13 Å². The second kappa shape index (κ2) is 10.0. The number of anilines is 1. The van der Waals surface area contributed by atoms with Crippen LogP contribution in [-0.2, 0) is 26.3 Å². The molecule has 0 bridgehead atoms. The Kier molecular flexibility index (Phi) is 6.78. The molecule has 2 aliphatic rings. The van der Waals surface area contributed by atoms with Gasteiger partial charge in [0.1, 0.15) is 31.3 Å². The molecule has 2 amide bonds. The van der Waals surface area contributed by atoms with E-state index in [4.69, 9.17) is 15.0 Å². The second-order valence-electron chi connectivity index (χ2n) is 7.92. The third-order valence-electron chi connectivity index (χ3n) is 5.51. The molecule has 5 rings (SSSR count). The van der Waals surface area contributed by atoms with E-state index in [2.05, 4.69) is 20.4 Å². The number of amides is 2. The molecule has 37 heavy (non-hydrogen) atoms. The molecule has 0 spiro atoms. The second-order valence-corrected chi connectivity index (χ2v) is 10.8. The molecule has 3 aromatic rings. The fourth-order valence-corrected chi connectivity index (χ4v) is 6.72. The Labute approximate surface area is 221 Å². The average Bonchev–Trinajstić information content (AvgIpc) is 3.48. The van der Waals surface area contributed by atoms with Crippen molar-refractivity contribution in [2.75, 3.05) is 24.3 Å². The monoisotopic (exact) mass is 561 g/mol. The molecule has 2 atom stereocenters. The number of oxime groups is 1. The molecule has 3 aromatic heterocycles. The van der Waals surface area contributed by atoms with Crippen LogP contribution in [0.15, 0.2) is 49.9 Å². The van der Waals surface area contributed by atoms with Gasteiger partial charge in [-0.05, 0) is 5.57 Å². The first kappa shape index (κ1) is 25.0. The minimum Gasteiger partial charge on any atom is -0.543 e. The molecular formula is C21H19N7O6S3. The number of carboxylic acids is 1. The number of pyridine rings is 1. The van der Waals surface area contributed by atoms with Crippen molar-refractivity contribution >= 4 is 74.6 Å². The Balaban J connectivity index is 1.31. The normalized spacial score (nSPS) is 19.6. The highest BCUT2D eigenvalue weighted by Gasteiger charge is 2.53. The molecule has 0 radical (unpaired) electrons. The van der Waals surface area contributed by atoms with Crippen LogP contribution in [-0.4, -0.2) is 68.4 Å². The van der Waals surface area contributed by atoms with E-state index in [0.717, 1.165) is 16.2 Å². The van der Waals surface area contributed by atoms with Gasteiger partial charge in [0, 0.05) is 23.0 Å². The summed E-state index contributed by atoms with van der Waals surface area (Å²) in [7, 11) is 3.14. The Morgan fingerprint density at radius 2 is 2.27 bits per heavy atom. The molecule has 2 unspecified atom stereocenters. The van der Waals surface area contributed by atoms with Gasteiger partial charge in [-0.15, -0.1) is 23.1 Å². The first-order valence-electron chi connectivity index (χ1n) is 10.7. The van der Waals surface area contributed by atoms with Crippen molar-refractivity contribution in [1.82, 2.24) is 20.2 Å². The molecule has 5 heterocycles. The van der Waals surface area contributed by atoms with E-state index in [0.29, 0.717) is 27.6 Å². The number of β-lactam (4-membered cyclic amide) rings is 1. The van der Waals surface area contributed by atoms with Crippen LogP contribution in [0, 0.1) is 0 Å². The first-order valence-corrected chi connectivity index (χ1v) is 13.6. The van der Waals surface area contributed by atoms with Gasteiger partial charge in [0.15, 0.2) is 34.3 Å². The summed E-state index contributed by atoms with van der Waals surface area (Å²) in [4.78, 5) is 52.2. The number of nitrogens with one attached hydrogen (secondary N) is 1.